The molecular formula is C10H11NO. The van der Waals surface area contributed by atoms with Crippen molar-refractivity contribution in [1.82, 2.24) is 0 Å². The molecule has 12 heavy (non-hydrogen) atoms. The molecule has 0 bridgehead atoms. The Morgan fingerprint density at radius 1 is 1.58 bits per heavy atom. The van der Waals surface area contributed by atoms with Crippen molar-refractivity contribution in [2.75, 3.05) is 6.54 Å². The second-order valence-corrected chi connectivity index (χ2v) is 2.34. The van der Waals surface area contributed by atoms with Gasteiger partial charge in [-0.15, -0.1) is 5.92 Å². The predicted molar refractivity (Wildman–Crippen MR) is 49.4 cm³/mol. The highest BCUT2D eigenvalue weighted by molar-refractivity contribution is 5.75. The second-order valence-electron chi connectivity index (χ2n) is 2.34. The van der Waals surface area contributed by atoms with Crippen molar-refractivity contribution < 1.29 is 4.42 Å². The summed E-state index contributed by atoms with van der Waals surface area (Å²) in [6.45, 7) is 4.24. The molecule has 0 radical (unpaired) electrons. The summed E-state index contributed by atoms with van der Waals surface area (Å²) in [6.07, 6.45) is 1.69. The van der Waals surface area contributed by atoms with Crippen molar-refractivity contribution in [2.24, 2.45) is 4.99 Å². The van der Waals surface area contributed by atoms with Crippen LogP contribution in [-0.2, 0) is 0 Å². The van der Waals surface area contributed by atoms with Crippen LogP contribution in [0.15, 0.2) is 21.5 Å². The van der Waals surface area contributed by atoms with E-state index in [-0.39, 0.29) is 0 Å². The summed E-state index contributed by atoms with van der Waals surface area (Å²) in [4.78, 5) is 4.05. The third-order valence-electron chi connectivity index (χ3n) is 1.33. The number of hydrogen-bond donors (Lipinski definition) is 0. The standard InChI is InChI=1S/C10H11NO/c1-3-4-7-11-8-10-6-5-9(2)12-10/h5-6,8H,7H2,1-2H3. The van der Waals surface area contributed by atoms with E-state index < -0.39 is 0 Å². The zero-order chi connectivity index (χ0) is 8.81. The van der Waals surface area contributed by atoms with E-state index in [2.05, 4.69) is 16.8 Å². The van der Waals surface area contributed by atoms with Crippen LogP contribution in [0.3, 0.4) is 0 Å². The maximum atomic E-state index is 5.27. The molecule has 0 N–H and O–H groups in total. The lowest BCUT2D eigenvalue weighted by Gasteiger charge is -1.82. The Hall–Kier alpha value is -1.49. The monoisotopic (exact) mass is 161 g/mol. The summed E-state index contributed by atoms with van der Waals surface area (Å²) < 4.78 is 5.27. The summed E-state index contributed by atoms with van der Waals surface area (Å²) in [6, 6.07) is 3.80. The number of nitrogens with zero attached hydrogens (tertiary/aromatic N) is 1. The minimum Gasteiger partial charge on any atom is -0.460 e. The quantitative estimate of drug-likeness (QED) is 0.481. The van der Waals surface area contributed by atoms with Gasteiger partial charge in [-0.3, -0.25) is 4.99 Å². The van der Waals surface area contributed by atoms with Crippen molar-refractivity contribution in [2.45, 2.75) is 13.8 Å². The molecule has 0 saturated carbocycles. The number of hydrogen-bond acceptors (Lipinski definition) is 2. The topological polar surface area (TPSA) is 25.5 Å². The molecule has 0 aliphatic heterocycles. The van der Waals surface area contributed by atoms with Crippen LogP contribution in [0.4, 0.5) is 0 Å². The number of aliphatic imine (C=N–C) groups is 1. The van der Waals surface area contributed by atoms with E-state index in [0.717, 1.165) is 11.5 Å². The van der Waals surface area contributed by atoms with Gasteiger partial charge in [-0.1, -0.05) is 5.92 Å². The summed E-state index contributed by atoms with van der Waals surface area (Å²) in [5.74, 6) is 7.28. The maximum Gasteiger partial charge on any atom is 0.144 e. The first-order valence-corrected chi connectivity index (χ1v) is 3.79. The van der Waals surface area contributed by atoms with Crippen molar-refractivity contribution in [3.8, 4) is 11.8 Å². The average molecular weight is 161 g/mol. The fourth-order valence-corrected chi connectivity index (χ4v) is 0.783. The Balaban J connectivity index is 2.50. The molecule has 0 aliphatic carbocycles. The van der Waals surface area contributed by atoms with Crippen molar-refractivity contribution in [3.05, 3.63) is 23.7 Å². The van der Waals surface area contributed by atoms with Crippen LogP contribution in [0, 0.1) is 18.8 Å². The SMILES string of the molecule is CC#CCN=Cc1ccc(C)o1. The van der Waals surface area contributed by atoms with Gasteiger partial charge in [0.25, 0.3) is 0 Å². The van der Waals surface area contributed by atoms with Crippen LogP contribution >= 0.6 is 0 Å². The maximum absolute atomic E-state index is 5.27. The van der Waals surface area contributed by atoms with Gasteiger partial charge in [0.15, 0.2) is 0 Å². The Morgan fingerprint density at radius 3 is 3.00 bits per heavy atom. The average Bonchev–Trinajstić information content (AvgIpc) is 2.45. The lowest BCUT2D eigenvalue weighted by molar-refractivity contribution is 0.528. The second kappa shape index (κ2) is 4.40. The molecule has 0 atom stereocenters. The molecule has 0 aromatic carbocycles. The van der Waals surface area contributed by atoms with Crippen LogP contribution < -0.4 is 0 Å². The van der Waals surface area contributed by atoms with Crippen molar-refractivity contribution in [1.29, 1.82) is 0 Å². The molecule has 2 heteroatoms. The van der Waals surface area contributed by atoms with Gasteiger partial charge in [0.1, 0.15) is 11.5 Å². The van der Waals surface area contributed by atoms with E-state index in [1.807, 2.05) is 19.1 Å². The normalized spacial score (nSPS) is 9.83. The Morgan fingerprint density at radius 2 is 2.42 bits per heavy atom. The van der Waals surface area contributed by atoms with Gasteiger partial charge in [-0.05, 0) is 26.0 Å². The van der Waals surface area contributed by atoms with Crippen LogP contribution in [0.1, 0.15) is 18.4 Å². The third kappa shape index (κ3) is 2.63. The first kappa shape index (κ1) is 8.61. The molecule has 1 rings (SSSR count). The highest BCUT2D eigenvalue weighted by atomic mass is 16.3. The molecular weight excluding hydrogens is 150 g/mol. The van der Waals surface area contributed by atoms with Crippen LogP contribution in [-0.4, -0.2) is 12.8 Å². The fourth-order valence-electron chi connectivity index (χ4n) is 0.783. The Kier molecular flexibility index (Phi) is 3.16. The van der Waals surface area contributed by atoms with E-state index in [1.165, 1.54) is 0 Å². The first-order chi connectivity index (χ1) is 5.83. The minimum atomic E-state index is 0.538. The van der Waals surface area contributed by atoms with Crippen LogP contribution in [0.2, 0.25) is 0 Å². The van der Waals surface area contributed by atoms with Gasteiger partial charge >= 0.3 is 0 Å². The van der Waals surface area contributed by atoms with E-state index in [1.54, 1.807) is 13.1 Å². The molecule has 0 amide bonds. The molecule has 2 nitrogen and oxygen atoms in total. The van der Waals surface area contributed by atoms with Gasteiger partial charge in [0, 0.05) is 0 Å². The van der Waals surface area contributed by atoms with Crippen molar-refractivity contribution >= 4 is 6.21 Å². The van der Waals surface area contributed by atoms with E-state index >= 15 is 0 Å². The summed E-state index contributed by atoms with van der Waals surface area (Å²) >= 11 is 0. The molecule has 0 fully saturated rings. The Labute approximate surface area is 72.3 Å². The van der Waals surface area contributed by atoms with E-state index in [0.29, 0.717) is 6.54 Å². The highest BCUT2D eigenvalue weighted by Gasteiger charge is 1.91. The van der Waals surface area contributed by atoms with Crippen LogP contribution in [0.25, 0.3) is 0 Å². The van der Waals surface area contributed by atoms with Crippen molar-refractivity contribution in [3.63, 3.8) is 0 Å². The fraction of sp³-hybridized carbons (Fsp3) is 0.300. The summed E-state index contributed by atoms with van der Waals surface area (Å²) in [5, 5.41) is 0. The van der Waals surface area contributed by atoms with E-state index in [4.69, 9.17) is 4.42 Å². The smallest absolute Gasteiger partial charge is 0.144 e. The predicted octanol–water partition coefficient (Wildman–Crippen LogP) is 2.03. The molecule has 1 aromatic heterocycles. The third-order valence-corrected chi connectivity index (χ3v) is 1.33. The number of furan rings is 1. The van der Waals surface area contributed by atoms with Gasteiger partial charge in [0.05, 0.1) is 12.8 Å². The van der Waals surface area contributed by atoms with Gasteiger partial charge in [-0.2, -0.15) is 0 Å². The molecule has 0 saturated heterocycles. The molecule has 1 heterocycles. The summed E-state index contributed by atoms with van der Waals surface area (Å²) in [7, 11) is 0. The molecule has 0 unspecified atom stereocenters. The lowest BCUT2D eigenvalue weighted by atomic mass is 10.4. The summed E-state index contributed by atoms with van der Waals surface area (Å²) in [5.41, 5.74) is 0. The lowest BCUT2D eigenvalue weighted by Crippen LogP contribution is -1.77. The zero-order valence-corrected chi connectivity index (χ0v) is 7.29. The molecule has 0 spiro atoms. The van der Waals surface area contributed by atoms with Gasteiger partial charge in [-0.25, -0.2) is 0 Å². The zero-order valence-electron chi connectivity index (χ0n) is 7.29. The minimum absolute atomic E-state index is 0.538. The number of aryl methyl sites for hydroxylation is 1. The van der Waals surface area contributed by atoms with Gasteiger partial charge < -0.3 is 4.42 Å². The Bertz CT molecular complexity index is 325. The molecule has 1 aromatic rings. The largest absolute Gasteiger partial charge is 0.460 e. The first-order valence-electron chi connectivity index (χ1n) is 3.79. The van der Waals surface area contributed by atoms with E-state index in [9.17, 15) is 0 Å². The van der Waals surface area contributed by atoms with Crippen LogP contribution in [0.5, 0.6) is 0 Å². The highest BCUT2D eigenvalue weighted by Crippen LogP contribution is 2.02. The number of rotatable bonds is 2. The molecule has 0 aliphatic rings. The van der Waals surface area contributed by atoms with Gasteiger partial charge in [0.2, 0.25) is 0 Å². The molecule has 62 valence electrons.